The minimum absolute atomic E-state index is 0.314. The second kappa shape index (κ2) is 10.6. The summed E-state index contributed by atoms with van der Waals surface area (Å²) in [6, 6.07) is 0. The number of hydrogen-bond donors (Lipinski definition) is 4. The van der Waals surface area contributed by atoms with Crippen molar-refractivity contribution in [2.75, 3.05) is 0 Å². The van der Waals surface area contributed by atoms with E-state index in [1.165, 1.54) is 6.42 Å². The van der Waals surface area contributed by atoms with Gasteiger partial charge in [0.1, 0.15) is 0 Å². The van der Waals surface area contributed by atoms with E-state index >= 15 is 0 Å². The zero-order valence-electron chi connectivity index (χ0n) is 12.0. The third kappa shape index (κ3) is 8.12. The van der Waals surface area contributed by atoms with Crippen LogP contribution < -0.4 is 0 Å². The summed E-state index contributed by atoms with van der Waals surface area (Å²) in [5, 5.41) is 36.8. The molecular formula is C14H26O6. The zero-order valence-corrected chi connectivity index (χ0v) is 12.0. The second-order valence-corrected chi connectivity index (χ2v) is 5.17. The van der Waals surface area contributed by atoms with Crippen molar-refractivity contribution in [2.24, 2.45) is 5.92 Å². The van der Waals surface area contributed by atoms with Crippen LogP contribution in [0, 0.1) is 5.92 Å². The van der Waals surface area contributed by atoms with Crippen LogP contribution in [0.1, 0.15) is 58.3 Å². The number of aliphatic carboxylic acids is 2. The quantitative estimate of drug-likeness (QED) is 0.406. The highest BCUT2D eigenvalue weighted by molar-refractivity contribution is 5.74. The van der Waals surface area contributed by atoms with Crippen LogP contribution in [0.2, 0.25) is 0 Å². The lowest BCUT2D eigenvalue weighted by Crippen LogP contribution is -2.38. The number of carboxylic acids is 2. The van der Waals surface area contributed by atoms with Crippen molar-refractivity contribution < 1.29 is 30.0 Å². The van der Waals surface area contributed by atoms with Gasteiger partial charge in [0.05, 0.1) is 12.5 Å². The van der Waals surface area contributed by atoms with Gasteiger partial charge in [0.15, 0.2) is 6.10 Å². The van der Waals surface area contributed by atoms with Gasteiger partial charge in [0.2, 0.25) is 0 Å². The number of carbonyl (C=O) groups is 2. The predicted molar refractivity (Wildman–Crippen MR) is 73.4 cm³/mol. The average molecular weight is 290 g/mol. The Labute approximate surface area is 119 Å². The van der Waals surface area contributed by atoms with Gasteiger partial charge in [-0.25, -0.2) is 4.79 Å². The van der Waals surface area contributed by atoms with E-state index in [9.17, 15) is 19.8 Å². The molecule has 0 spiro atoms. The van der Waals surface area contributed by atoms with Crippen LogP contribution >= 0.6 is 0 Å². The molecule has 3 unspecified atom stereocenters. The summed E-state index contributed by atoms with van der Waals surface area (Å²) >= 11 is 0. The maximum Gasteiger partial charge on any atom is 0.332 e. The van der Waals surface area contributed by atoms with E-state index in [0.29, 0.717) is 12.8 Å². The third-order valence-electron chi connectivity index (χ3n) is 3.42. The maximum atomic E-state index is 10.7. The zero-order chi connectivity index (χ0) is 15.5. The minimum atomic E-state index is -1.85. The van der Waals surface area contributed by atoms with Gasteiger partial charge in [-0.1, -0.05) is 45.4 Å². The van der Waals surface area contributed by atoms with Gasteiger partial charge in [-0.15, -0.1) is 0 Å². The van der Waals surface area contributed by atoms with Gasteiger partial charge in [0.25, 0.3) is 0 Å². The molecule has 0 fully saturated rings. The summed E-state index contributed by atoms with van der Waals surface area (Å²) in [5.74, 6) is -3.89. The van der Waals surface area contributed by atoms with Crippen LogP contribution in [0.5, 0.6) is 0 Å². The van der Waals surface area contributed by atoms with E-state index in [2.05, 4.69) is 6.92 Å². The Morgan fingerprint density at radius 2 is 1.50 bits per heavy atom. The molecule has 0 radical (unpaired) electrons. The molecule has 0 rings (SSSR count). The van der Waals surface area contributed by atoms with Gasteiger partial charge < -0.3 is 20.4 Å². The first-order chi connectivity index (χ1) is 9.40. The first kappa shape index (κ1) is 18.9. The summed E-state index contributed by atoms with van der Waals surface area (Å²) < 4.78 is 0. The van der Waals surface area contributed by atoms with Crippen molar-refractivity contribution in [1.29, 1.82) is 0 Å². The largest absolute Gasteiger partial charge is 0.481 e. The van der Waals surface area contributed by atoms with Crippen molar-refractivity contribution in [3.8, 4) is 0 Å². The van der Waals surface area contributed by atoms with Crippen molar-refractivity contribution in [3.05, 3.63) is 0 Å². The summed E-state index contributed by atoms with van der Waals surface area (Å²) in [6.45, 7) is 2.12. The number of carboxylic acid groups (broad SMARTS) is 2. The monoisotopic (exact) mass is 290 g/mol. The number of hydrogen-bond acceptors (Lipinski definition) is 4. The predicted octanol–water partition coefficient (Wildman–Crippen LogP) is 1.63. The van der Waals surface area contributed by atoms with Crippen molar-refractivity contribution >= 4 is 11.9 Å². The van der Waals surface area contributed by atoms with Gasteiger partial charge in [-0.2, -0.15) is 0 Å². The summed E-state index contributed by atoms with van der Waals surface area (Å²) in [5.41, 5.74) is 0. The van der Waals surface area contributed by atoms with E-state index in [1.807, 2.05) is 0 Å². The Balaban J connectivity index is 4.17. The van der Waals surface area contributed by atoms with Crippen LogP contribution in [0.4, 0.5) is 0 Å². The summed E-state index contributed by atoms with van der Waals surface area (Å²) in [6.07, 6.45) is 2.92. The molecule has 6 nitrogen and oxygen atoms in total. The number of rotatable bonds is 12. The van der Waals surface area contributed by atoms with E-state index < -0.39 is 36.5 Å². The Morgan fingerprint density at radius 1 is 0.950 bits per heavy atom. The molecule has 0 amide bonds. The molecule has 3 atom stereocenters. The molecule has 6 heteroatoms. The normalized spacial score (nSPS) is 15.6. The van der Waals surface area contributed by atoms with Crippen LogP contribution in [0.15, 0.2) is 0 Å². The number of aliphatic hydroxyl groups excluding tert-OH is 2. The summed E-state index contributed by atoms with van der Waals surface area (Å²) in [4.78, 5) is 21.4. The maximum absolute atomic E-state index is 10.7. The SMILES string of the molecule is CCCCCCCCC(O)C(CC(=O)O)C(O)C(=O)O. The van der Waals surface area contributed by atoms with Gasteiger partial charge in [-0.05, 0) is 6.42 Å². The first-order valence-electron chi connectivity index (χ1n) is 7.20. The molecule has 0 aliphatic carbocycles. The van der Waals surface area contributed by atoms with Crippen LogP contribution in [-0.4, -0.2) is 44.6 Å². The lowest BCUT2D eigenvalue weighted by molar-refractivity contribution is -0.155. The van der Waals surface area contributed by atoms with E-state index in [0.717, 1.165) is 25.7 Å². The van der Waals surface area contributed by atoms with Gasteiger partial charge in [0, 0.05) is 5.92 Å². The third-order valence-corrected chi connectivity index (χ3v) is 3.42. The second-order valence-electron chi connectivity index (χ2n) is 5.17. The molecule has 0 aliphatic heterocycles. The highest BCUT2D eigenvalue weighted by Gasteiger charge is 2.33. The standard InChI is InChI=1S/C14H26O6/c1-2-3-4-5-6-7-8-11(15)10(9-12(16)17)13(18)14(19)20/h10-11,13,15,18H,2-9H2,1H3,(H,16,17)(H,19,20). The average Bonchev–Trinajstić information content (AvgIpc) is 2.38. The molecule has 0 aromatic rings. The van der Waals surface area contributed by atoms with Crippen LogP contribution in [-0.2, 0) is 9.59 Å². The summed E-state index contributed by atoms with van der Waals surface area (Å²) in [7, 11) is 0. The molecular weight excluding hydrogens is 264 g/mol. The van der Waals surface area contributed by atoms with Gasteiger partial charge >= 0.3 is 11.9 Å². The number of aliphatic hydroxyl groups is 2. The van der Waals surface area contributed by atoms with Crippen molar-refractivity contribution in [1.82, 2.24) is 0 Å². The van der Waals surface area contributed by atoms with Crippen molar-refractivity contribution in [3.63, 3.8) is 0 Å². The molecule has 0 heterocycles. The highest BCUT2D eigenvalue weighted by Crippen LogP contribution is 2.20. The van der Waals surface area contributed by atoms with Crippen molar-refractivity contribution in [2.45, 2.75) is 70.5 Å². The lowest BCUT2D eigenvalue weighted by atomic mass is 9.89. The number of unbranched alkanes of at least 4 members (excludes halogenated alkanes) is 5. The van der Waals surface area contributed by atoms with Gasteiger partial charge in [-0.3, -0.25) is 4.79 Å². The molecule has 0 saturated heterocycles. The fraction of sp³-hybridized carbons (Fsp3) is 0.857. The molecule has 0 bridgehead atoms. The molecule has 0 aliphatic rings. The molecule has 0 aromatic carbocycles. The smallest absolute Gasteiger partial charge is 0.332 e. The van der Waals surface area contributed by atoms with E-state index in [4.69, 9.17) is 10.2 Å². The van der Waals surface area contributed by atoms with Crippen LogP contribution in [0.3, 0.4) is 0 Å². The highest BCUT2D eigenvalue weighted by atomic mass is 16.4. The molecule has 20 heavy (non-hydrogen) atoms. The fourth-order valence-electron chi connectivity index (χ4n) is 2.19. The topological polar surface area (TPSA) is 115 Å². The van der Waals surface area contributed by atoms with E-state index in [-0.39, 0.29) is 0 Å². The van der Waals surface area contributed by atoms with E-state index in [1.54, 1.807) is 0 Å². The Hall–Kier alpha value is -1.14. The fourth-order valence-corrected chi connectivity index (χ4v) is 2.19. The minimum Gasteiger partial charge on any atom is -0.481 e. The first-order valence-corrected chi connectivity index (χ1v) is 7.20. The Morgan fingerprint density at radius 3 is 2.00 bits per heavy atom. The molecule has 0 saturated carbocycles. The molecule has 0 aromatic heterocycles. The molecule has 4 N–H and O–H groups in total. The van der Waals surface area contributed by atoms with Crippen LogP contribution in [0.25, 0.3) is 0 Å². The Bertz CT molecular complexity index is 291. The molecule has 118 valence electrons. The lowest BCUT2D eigenvalue weighted by Gasteiger charge is -2.23. The Kier molecular flexibility index (Phi) is 10.0.